The largest absolute Gasteiger partial charge is 0.486 e. The van der Waals surface area contributed by atoms with Gasteiger partial charge in [0.2, 0.25) is 0 Å². The number of likely N-dealkylation sites (N-methyl/N-ethyl adjacent to an activating group) is 1. The fraction of sp³-hybridized carbons (Fsp3) is 0.370. The fourth-order valence-corrected chi connectivity index (χ4v) is 4.33. The Morgan fingerprint density at radius 2 is 2.00 bits per heavy atom. The molecule has 2 aromatic heterocycles. The third-order valence-electron chi connectivity index (χ3n) is 6.43. The number of anilines is 1. The molecule has 2 amide bonds. The average molecular weight is 505 g/mol. The zero-order chi connectivity index (χ0) is 26.4. The molecule has 194 valence electrons. The zero-order valence-electron chi connectivity index (χ0n) is 21.2. The molecular weight excluding hydrogens is 472 g/mol. The molecule has 4 rings (SSSR count). The number of fused-ring (bicyclic) bond motifs is 1. The highest BCUT2D eigenvalue weighted by Gasteiger charge is 2.34. The molecule has 3 atom stereocenters. The van der Waals surface area contributed by atoms with E-state index in [4.69, 9.17) is 4.74 Å². The Bertz CT molecular complexity index is 1210. The number of hydrogen-bond acceptors (Lipinski definition) is 8. The zero-order valence-corrected chi connectivity index (χ0v) is 21.2. The van der Waals surface area contributed by atoms with E-state index < -0.39 is 5.91 Å². The van der Waals surface area contributed by atoms with Gasteiger partial charge in [-0.15, -0.1) is 0 Å². The van der Waals surface area contributed by atoms with Gasteiger partial charge in [0.15, 0.2) is 5.75 Å². The molecule has 0 fully saturated rings. The van der Waals surface area contributed by atoms with Crippen molar-refractivity contribution in [2.75, 3.05) is 32.1 Å². The van der Waals surface area contributed by atoms with Crippen molar-refractivity contribution in [3.63, 3.8) is 0 Å². The number of aromatic nitrogens is 3. The minimum absolute atomic E-state index is 0.0604. The Balaban J connectivity index is 1.67. The number of aliphatic hydroxyl groups excluding tert-OH is 1. The summed E-state index contributed by atoms with van der Waals surface area (Å²) in [5.74, 6) is -0.481. The van der Waals surface area contributed by atoms with Gasteiger partial charge in [-0.25, -0.2) is 4.98 Å². The van der Waals surface area contributed by atoms with Crippen LogP contribution in [0.1, 0.15) is 40.3 Å². The number of benzene rings is 1. The van der Waals surface area contributed by atoms with Crippen molar-refractivity contribution in [1.82, 2.24) is 24.8 Å². The molecule has 3 aromatic rings. The molecule has 0 bridgehead atoms. The summed E-state index contributed by atoms with van der Waals surface area (Å²) in [6.07, 6.45) is 7.52. The predicted octanol–water partition coefficient (Wildman–Crippen LogP) is 2.48. The van der Waals surface area contributed by atoms with Gasteiger partial charge in [-0.2, -0.15) is 0 Å². The molecule has 3 heterocycles. The van der Waals surface area contributed by atoms with Gasteiger partial charge in [0, 0.05) is 50.3 Å². The maximum Gasteiger partial charge on any atom is 0.275 e. The Morgan fingerprint density at radius 3 is 2.70 bits per heavy atom. The smallest absolute Gasteiger partial charge is 0.275 e. The van der Waals surface area contributed by atoms with Crippen molar-refractivity contribution in [3.05, 3.63) is 78.1 Å². The molecule has 10 heteroatoms. The van der Waals surface area contributed by atoms with Crippen LogP contribution in [-0.2, 0) is 6.54 Å². The van der Waals surface area contributed by atoms with Crippen molar-refractivity contribution in [2.45, 2.75) is 32.5 Å². The lowest BCUT2D eigenvalue weighted by Crippen LogP contribution is -2.49. The van der Waals surface area contributed by atoms with Crippen LogP contribution in [-0.4, -0.2) is 80.6 Å². The normalized spacial score (nSPS) is 18.4. The van der Waals surface area contributed by atoms with Gasteiger partial charge in [0.1, 0.15) is 11.8 Å². The number of amides is 2. The van der Waals surface area contributed by atoms with Gasteiger partial charge in [0.05, 0.1) is 30.1 Å². The van der Waals surface area contributed by atoms with Gasteiger partial charge < -0.3 is 20.1 Å². The number of pyridine rings is 1. The highest BCUT2D eigenvalue weighted by atomic mass is 16.5. The molecule has 1 aromatic carbocycles. The first-order valence-electron chi connectivity index (χ1n) is 12.2. The van der Waals surface area contributed by atoms with Gasteiger partial charge in [-0.05, 0) is 43.8 Å². The van der Waals surface area contributed by atoms with Crippen LogP contribution in [0.4, 0.5) is 5.69 Å². The maximum absolute atomic E-state index is 13.6. The summed E-state index contributed by atoms with van der Waals surface area (Å²) in [7, 11) is 2.01. The topological polar surface area (TPSA) is 121 Å². The summed E-state index contributed by atoms with van der Waals surface area (Å²) < 4.78 is 6.54. The molecule has 0 radical (unpaired) electrons. The van der Waals surface area contributed by atoms with E-state index in [0.717, 1.165) is 5.56 Å². The van der Waals surface area contributed by atoms with Gasteiger partial charge in [0.25, 0.3) is 11.8 Å². The van der Waals surface area contributed by atoms with Crippen LogP contribution in [0, 0.1) is 5.92 Å². The molecule has 1 aliphatic rings. The summed E-state index contributed by atoms with van der Waals surface area (Å²) in [4.78, 5) is 42.4. The summed E-state index contributed by atoms with van der Waals surface area (Å²) in [5.41, 5.74) is 1.97. The lowest BCUT2D eigenvalue weighted by Gasteiger charge is -2.38. The first-order valence-corrected chi connectivity index (χ1v) is 12.2. The monoisotopic (exact) mass is 504 g/mol. The maximum atomic E-state index is 13.6. The number of aliphatic hydroxyl groups is 1. The molecule has 0 saturated heterocycles. The summed E-state index contributed by atoms with van der Waals surface area (Å²) in [5, 5.41) is 12.7. The molecule has 37 heavy (non-hydrogen) atoms. The predicted molar refractivity (Wildman–Crippen MR) is 138 cm³/mol. The van der Waals surface area contributed by atoms with Gasteiger partial charge >= 0.3 is 0 Å². The lowest BCUT2D eigenvalue weighted by molar-refractivity contribution is 0.0343. The van der Waals surface area contributed by atoms with Crippen molar-refractivity contribution in [1.29, 1.82) is 0 Å². The van der Waals surface area contributed by atoms with E-state index in [-0.39, 0.29) is 36.3 Å². The van der Waals surface area contributed by atoms with E-state index >= 15 is 0 Å². The highest BCUT2D eigenvalue weighted by Crippen LogP contribution is 2.35. The van der Waals surface area contributed by atoms with Crippen LogP contribution in [0.5, 0.6) is 5.75 Å². The average Bonchev–Trinajstić information content (AvgIpc) is 2.91. The number of carbonyl (C=O) groups excluding carboxylic acids is 2. The Morgan fingerprint density at radius 1 is 1.22 bits per heavy atom. The third kappa shape index (κ3) is 6.28. The van der Waals surface area contributed by atoms with Crippen molar-refractivity contribution in [2.24, 2.45) is 5.92 Å². The van der Waals surface area contributed by atoms with E-state index in [2.05, 4.69) is 25.2 Å². The second kappa shape index (κ2) is 11.9. The quantitative estimate of drug-likeness (QED) is 0.480. The first kappa shape index (κ1) is 26.2. The fourth-order valence-electron chi connectivity index (χ4n) is 4.33. The molecule has 0 saturated carbocycles. The first-order chi connectivity index (χ1) is 17.9. The van der Waals surface area contributed by atoms with E-state index in [1.54, 1.807) is 35.5 Å². The molecule has 2 N–H and O–H groups in total. The Hall–Kier alpha value is -3.89. The molecule has 0 aliphatic carbocycles. The number of rotatable bonds is 8. The highest BCUT2D eigenvalue weighted by molar-refractivity contribution is 6.06. The standard InChI is InChI=1S/C27H32N6O4/c1-18-14-33(19(2)17-34)27(36)21-5-4-6-22(31-26(35)23-13-29-11-12-30-23)25(21)37-24(18)16-32(3)15-20-7-9-28-10-8-20/h4-13,18-19,24,34H,14-17H2,1-3H3,(H,31,35)/t18-,19-,24+/m0/s1. The molecule has 0 spiro atoms. The van der Waals surface area contributed by atoms with Crippen molar-refractivity contribution < 1.29 is 19.4 Å². The Labute approximate surface area is 216 Å². The molecule has 0 unspecified atom stereocenters. The van der Waals surface area contributed by atoms with Gasteiger partial charge in [-0.3, -0.25) is 24.5 Å². The number of para-hydroxylation sites is 1. The van der Waals surface area contributed by atoms with Crippen LogP contribution < -0.4 is 10.1 Å². The van der Waals surface area contributed by atoms with Crippen LogP contribution in [0.3, 0.4) is 0 Å². The van der Waals surface area contributed by atoms with E-state index in [9.17, 15) is 14.7 Å². The number of carbonyl (C=O) groups is 2. The number of ether oxygens (including phenoxy) is 1. The summed E-state index contributed by atoms with van der Waals surface area (Å²) in [6.45, 7) is 5.38. The number of nitrogens with one attached hydrogen (secondary N) is 1. The van der Waals surface area contributed by atoms with Crippen LogP contribution in [0.15, 0.2) is 61.3 Å². The van der Waals surface area contributed by atoms with E-state index in [0.29, 0.717) is 36.6 Å². The second-order valence-corrected chi connectivity index (χ2v) is 9.40. The minimum atomic E-state index is -0.459. The second-order valence-electron chi connectivity index (χ2n) is 9.40. The summed E-state index contributed by atoms with van der Waals surface area (Å²) in [6, 6.07) is 8.64. The van der Waals surface area contributed by atoms with Gasteiger partial charge in [-0.1, -0.05) is 13.0 Å². The Kier molecular flexibility index (Phi) is 8.42. The minimum Gasteiger partial charge on any atom is -0.486 e. The third-order valence-corrected chi connectivity index (χ3v) is 6.43. The van der Waals surface area contributed by atoms with Crippen LogP contribution >= 0.6 is 0 Å². The van der Waals surface area contributed by atoms with E-state index in [1.165, 1.54) is 18.6 Å². The van der Waals surface area contributed by atoms with E-state index in [1.807, 2.05) is 33.0 Å². The van der Waals surface area contributed by atoms with Crippen molar-refractivity contribution in [3.8, 4) is 5.75 Å². The summed E-state index contributed by atoms with van der Waals surface area (Å²) >= 11 is 0. The molecule has 1 aliphatic heterocycles. The SMILES string of the molecule is C[C@H]1CN([C@@H](C)CO)C(=O)c2cccc(NC(=O)c3cnccn3)c2O[C@@H]1CN(C)Cc1ccncc1. The lowest BCUT2D eigenvalue weighted by atomic mass is 9.99. The van der Waals surface area contributed by atoms with Crippen LogP contribution in [0.2, 0.25) is 0 Å². The van der Waals surface area contributed by atoms with Crippen molar-refractivity contribution >= 4 is 17.5 Å². The molecular formula is C27H32N6O4. The number of hydrogen-bond donors (Lipinski definition) is 2. The molecule has 10 nitrogen and oxygen atoms in total. The number of nitrogens with zero attached hydrogens (tertiary/aromatic N) is 5. The van der Waals surface area contributed by atoms with Crippen LogP contribution in [0.25, 0.3) is 0 Å².